The summed E-state index contributed by atoms with van der Waals surface area (Å²) in [5, 5.41) is 16.0. The summed E-state index contributed by atoms with van der Waals surface area (Å²) in [6.45, 7) is 2.90. The number of hydrogen-bond acceptors (Lipinski definition) is 5. The molecule has 0 saturated heterocycles. The number of anilines is 1. The number of aliphatic hydroxyl groups is 1. The standard InChI is InChI=1S/C11H19BrN4O2/c1-8(15(2)3)6-13-9-7-14-16(4-5-17)11(18)10(9)12/h7-8,13,17H,4-6H2,1-3H3. The molecule has 18 heavy (non-hydrogen) atoms. The van der Waals surface area contributed by atoms with Crippen LogP contribution in [-0.4, -0.2) is 53.1 Å². The van der Waals surface area contributed by atoms with Gasteiger partial charge in [-0.05, 0) is 36.9 Å². The lowest BCUT2D eigenvalue weighted by Crippen LogP contribution is -2.32. The number of nitrogens with zero attached hydrogens (tertiary/aromatic N) is 3. The number of aliphatic hydroxyl groups excluding tert-OH is 1. The van der Waals surface area contributed by atoms with Gasteiger partial charge in [-0.3, -0.25) is 4.79 Å². The maximum absolute atomic E-state index is 11.9. The molecule has 1 aromatic rings. The molecule has 2 N–H and O–H groups in total. The Morgan fingerprint density at radius 2 is 2.28 bits per heavy atom. The van der Waals surface area contributed by atoms with Gasteiger partial charge in [-0.15, -0.1) is 0 Å². The van der Waals surface area contributed by atoms with Crippen molar-refractivity contribution in [3.8, 4) is 0 Å². The summed E-state index contributed by atoms with van der Waals surface area (Å²) in [5.74, 6) is 0. The van der Waals surface area contributed by atoms with E-state index in [-0.39, 0.29) is 18.7 Å². The number of nitrogens with one attached hydrogen (secondary N) is 1. The van der Waals surface area contributed by atoms with Crippen LogP contribution in [0.15, 0.2) is 15.5 Å². The van der Waals surface area contributed by atoms with Gasteiger partial charge in [-0.25, -0.2) is 4.68 Å². The molecule has 0 fully saturated rings. The maximum Gasteiger partial charge on any atom is 0.283 e. The van der Waals surface area contributed by atoms with Gasteiger partial charge in [0, 0.05) is 12.6 Å². The molecule has 1 atom stereocenters. The molecule has 0 aliphatic heterocycles. The van der Waals surface area contributed by atoms with Crippen LogP contribution in [0.4, 0.5) is 5.69 Å². The third-order valence-corrected chi connectivity index (χ3v) is 3.53. The van der Waals surface area contributed by atoms with Crippen molar-refractivity contribution in [2.45, 2.75) is 19.5 Å². The molecule has 102 valence electrons. The van der Waals surface area contributed by atoms with E-state index >= 15 is 0 Å². The Morgan fingerprint density at radius 1 is 1.61 bits per heavy atom. The van der Waals surface area contributed by atoms with Gasteiger partial charge in [0.15, 0.2) is 0 Å². The zero-order valence-corrected chi connectivity index (χ0v) is 12.4. The molecule has 1 rings (SSSR count). The summed E-state index contributed by atoms with van der Waals surface area (Å²) < 4.78 is 1.67. The molecule has 0 amide bonds. The molecule has 7 heteroatoms. The highest BCUT2D eigenvalue weighted by atomic mass is 79.9. The van der Waals surface area contributed by atoms with Crippen LogP contribution in [0.5, 0.6) is 0 Å². The van der Waals surface area contributed by atoms with E-state index in [1.807, 2.05) is 14.1 Å². The summed E-state index contributed by atoms with van der Waals surface area (Å²) in [6.07, 6.45) is 1.59. The van der Waals surface area contributed by atoms with E-state index in [0.29, 0.717) is 16.2 Å². The molecule has 6 nitrogen and oxygen atoms in total. The molecular formula is C11H19BrN4O2. The number of rotatable bonds is 6. The predicted molar refractivity (Wildman–Crippen MR) is 74.9 cm³/mol. The van der Waals surface area contributed by atoms with Crippen molar-refractivity contribution < 1.29 is 5.11 Å². The molecule has 0 aliphatic rings. The lowest BCUT2D eigenvalue weighted by Gasteiger charge is -2.20. The average molecular weight is 319 g/mol. The fourth-order valence-electron chi connectivity index (χ4n) is 1.28. The van der Waals surface area contributed by atoms with Crippen molar-refractivity contribution in [1.82, 2.24) is 14.7 Å². The Morgan fingerprint density at radius 3 is 2.83 bits per heavy atom. The average Bonchev–Trinajstić information content (AvgIpc) is 2.33. The highest BCUT2D eigenvalue weighted by Gasteiger charge is 2.10. The highest BCUT2D eigenvalue weighted by molar-refractivity contribution is 9.10. The Hall–Kier alpha value is -0.920. The molecule has 1 unspecified atom stereocenters. The first kappa shape index (κ1) is 15.1. The van der Waals surface area contributed by atoms with Crippen molar-refractivity contribution in [2.75, 3.05) is 32.6 Å². The Balaban J connectivity index is 2.79. The number of aromatic nitrogens is 2. The van der Waals surface area contributed by atoms with Gasteiger partial charge in [-0.2, -0.15) is 5.10 Å². The zero-order valence-electron chi connectivity index (χ0n) is 10.9. The summed E-state index contributed by atoms with van der Waals surface area (Å²) in [4.78, 5) is 13.9. The minimum Gasteiger partial charge on any atom is -0.394 e. The Labute approximate surface area is 115 Å². The van der Waals surface area contributed by atoms with Crippen LogP contribution < -0.4 is 10.9 Å². The highest BCUT2D eigenvalue weighted by Crippen LogP contribution is 2.16. The Bertz CT molecular complexity index is 447. The fourth-order valence-corrected chi connectivity index (χ4v) is 1.73. The summed E-state index contributed by atoms with van der Waals surface area (Å²) >= 11 is 3.26. The molecular weight excluding hydrogens is 300 g/mol. The summed E-state index contributed by atoms with van der Waals surface area (Å²) in [6, 6.07) is 0.344. The van der Waals surface area contributed by atoms with Crippen LogP contribution >= 0.6 is 15.9 Å². The molecule has 0 spiro atoms. The summed E-state index contributed by atoms with van der Waals surface area (Å²) in [5.41, 5.74) is 0.425. The van der Waals surface area contributed by atoms with E-state index in [1.54, 1.807) is 6.20 Å². The van der Waals surface area contributed by atoms with Gasteiger partial charge < -0.3 is 15.3 Å². The van der Waals surface area contributed by atoms with E-state index in [9.17, 15) is 4.79 Å². The molecule has 1 heterocycles. The zero-order chi connectivity index (χ0) is 13.7. The van der Waals surface area contributed by atoms with Crippen LogP contribution in [0.1, 0.15) is 6.92 Å². The van der Waals surface area contributed by atoms with Gasteiger partial charge >= 0.3 is 0 Å². The number of likely N-dealkylation sites (N-methyl/N-ethyl adjacent to an activating group) is 1. The monoisotopic (exact) mass is 318 g/mol. The maximum atomic E-state index is 11.9. The van der Waals surface area contributed by atoms with Crippen molar-refractivity contribution in [2.24, 2.45) is 0 Å². The van der Waals surface area contributed by atoms with Gasteiger partial charge in [0.1, 0.15) is 4.47 Å². The van der Waals surface area contributed by atoms with Crippen LogP contribution in [-0.2, 0) is 6.54 Å². The normalized spacial score (nSPS) is 12.8. The smallest absolute Gasteiger partial charge is 0.283 e. The Kier molecular flexibility index (Phi) is 5.77. The number of hydrogen-bond donors (Lipinski definition) is 2. The first-order valence-electron chi connectivity index (χ1n) is 5.74. The van der Waals surface area contributed by atoms with E-state index in [4.69, 9.17) is 5.11 Å². The molecule has 0 bridgehead atoms. The van der Waals surface area contributed by atoms with Crippen molar-refractivity contribution >= 4 is 21.6 Å². The topological polar surface area (TPSA) is 70.4 Å². The SMILES string of the molecule is CC(CNc1cnn(CCO)c(=O)c1Br)N(C)C. The minimum absolute atomic E-state index is 0.107. The minimum atomic E-state index is -0.244. The van der Waals surface area contributed by atoms with Gasteiger partial charge in [0.2, 0.25) is 0 Å². The van der Waals surface area contributed by atoms with Crippen molar-refractivity contribution in [1.29, 1.82) is 0 Å². The van der Waals surface area contributed by atoms with Crippen LogP contribution in [0.2, 0.25) is 0 Å². The lowest BCUT2D eigenvalue weighted by atomic mass is 10.3. The van der Waals surface area contributed by atoms with Gasteiger partial charge in [0.25, 0.3) is 5.56 Å². The van der Waals surface area contributed by atoms with E-state index in [0.717, 1.165) is 6.54 Å². The second-order valence-electron chi connectivity index (χ2n) is 4.32. The van der Waals surface area contributed by atoms with E-state index in [1.165, 1.54) is 4.68 Å². The molecule has 0 aromatic carbocycles. The van der Waals surface area contributed by atoms with E-state index < -0.39 is 0 Å². The van der Waals surface area contributed by atoms with Gasteiger partial charge in [-0.1, -0.05) is 0 Å². The largest absolute Gasteiger partial charge is 0.394 e. The van der Waals surface area contributed by atoms with Crippen LogP contribution in [0.25, 0.3) is 0 Å². The first-order valence-corrected chi connectivity index (χ1v) is 6.53. The third-order valence-electron chi connectivity index (χ3n) is 2.77. The summed E-state index contributed by atoms with van der Waals surface area (Å²) in [7, 11) is 4.00. The van der Waals surface area contributed by atoms with Gasteiger partial charge in [0.05, 0.1) is 25.0 Å². The van der Waals surface area contributed by atoms with Crippen molar-refractivity contribution in [3.63, 3.8) is 0 Å². The molecule has 1 aromatic heterocycles. The second-order valence-corrected chi connectivity index (χ2v) is 5.11. The third kappa shape index (κ3) is 3.79. The first-order chi connectivity index (χ1) is 8.47. The lowest BCUT2D eigenvalue weighted by molar-refractivity contribution is 0.266. The predicted octanol–water partition coefficient (Wildman–Crippen LogP) is 0.360. The molecule has 0 radical (unpaired) electrons. The quantitative estimate of drug-likeness (QED) is 0.792. The fraction of sp³-hybridized carbons (Fsp3) is 0.636. The molecule has 0 aliphatic carbocycles. The second kappa shape index (κ2) is 6.86. The van der Waals surface area contributed by atoms with Crippen LogP contribution in [0.3, 0.4) is 0 Å². The van der Waals surface area contributed by atoms with E-state index in [2.05, 4.69) is 38.2 Å². The number of halogens is 1. The van der Waals surface area contributed by atoms with Crippen molar-refractivity contribution in [3.05, 3.63) is 21.0 Å². The molecule has 0 saturated carbocycles. The van der Waals surface area contributed by atoms with Crippen LogP contribution in [0, 0.1) is 0 Å².